The van der Waals surface area contributed by atoms with Crippen molar-refractivity contribution >= 4 is 46.0 Å². The van der Waals surface area contributed by atoms with Gasteiger partial charge in [0.15, 0.2) is 0 Å². The summed E-state index contributed by atoms with van der Waals surface area (Å²) in [7, 11) is -2.43. The molecule has 142 valence electrons. The van der Waals surface area contributed by atoms with Crippen LogP contribution in [0.4, 0.5) is 0 Å². The van der Waals surface area contributed by atoms with Gasteiger partial charge in [0.25, 0.3) is 8.32 Å². The van der Waals surface area contributed by atoms with Crippen molar-refractivity contribution < 1.29 is 4.43 Å². The Bertz CT molecular complexity index is 829. The highest BCUT2D eigenvalue weighted by molar-refractivity contribution is 9.10. The summed E-state index contributed by atoms with van der Waals surface area (Å²) < 4.78 is 8.19. The maximum absolute atomic E-state index is 6.96. The van der Waals surface area contributed by atoms with Crippen molar-refractivity contribution in [1.82, 2.24) is 0 Å². The topological polar surface area (TPSA) is 9.23 Å². The molecule has 0 radical (unpaired) electrons. The Morgan fingerprint density at radius 3 is 1.85 bits per heavy atom. The second-order valence-electron chi connectivity index (χ2n) is 7.89. The van der Waals surface area contributed by atoms with Gasteiger partial charge in [-0.25, -0.2) is 0 Å². The Morgan fingerprint density at radius 2 is 1.44 bits per heavy atom. The summed E-state index contributed by atoms with van der Waals surface area (Å²) in [5, 5.41) is 4.94. The number of rotatable bonds is 6. The first kappa shape index (κ1) is 20.5. The monoisotopic (exact) mass is 458 g/mol. The van der Waals surface area contributed by atoms with E-state index in [1.54, 1.807) is 11.3 Å². The average molecular weight is 460 g/mol. The number of thiophene rings is 1. The second-order valence-corrected chi connectivity index (χ2v) is 14.1. The fourth-order valence-corrected chi connectivity index (χ4v) is 9.83. The van der Waals surface area contributed by atoms with Gasteiger partial charge in [0, 0.05) is 16.0 Å². The normalized spacial score (nSPS) is 12.3. The second kappa shape index (κ2) is 8.44. The molecular weight excluding hydrogens is 432 g/mol. The van der Waals surface area contributed by atoms with Crippen LogP contribution in [0, 0.1) is 6.92 Å². The summed E-state index contributed by atoms with van der Waals surface area (Å²) in [5.41, 5.74) is 1.34. The van der Waals surface area contributed by atoms with Crippen molar-refractivity contribution in [1.29, 1.82) is 0 Å². The molecule has 4 heteroatoms. The Balaban J connectivity index is 2.00. The molecule has 3 aromatic rings. The molecule has 3 rings (SSSR count). The third-order valence-corrected chi connectivity index (χ3v) is 12.4. The van der Waals surface area contributed by atoms with Crippen LogP contribution in [0.25, 0.3) is 0 Å². The summed E-state index contributed by atoms with van der Waals surface area (Å²) in [6, 6.07) is 21.7. The first-order chi connectivity index (χ1) is 12.9. The Labute approximate surface area is 176 Å². The van der Waals surface area contributed by atoms with Crippen molar-refractivity contribution in [2.45, 2.75) is 39.2 Å². The molecule has 0 aliphatic carbocycles. The molecule has 0 saturated heterocycles. The zero-order valence-electron chi connectivity index (χ0n) is 16.5. The van der Waals surface area contributed by atoms with E-state index in [2.05, 4.69) is 110 Å². The van der Waals surface area contributed by atoms with Crippen molar-refractivity contribution in [3.63, 3.8) is 0 Å². The minimum Gasteiger partial charge on any atom is -0.407 e. The molecular formula is C23H27BrOSSi. The molecule has 1 heterocycles. The van der Waals surface area contributed by atoms with Crippen molar-refractivity contribution in [2.24, 2.45) is 0 Å². The lowest BCUT2D eigenvalue weighted by Crippen LogP contribution is -2.66. The summed E-state index contributed by atoms with van der Waals surface area (Å²) in [6.45, 7) is 9.85. The third kappa shape index (κ3) is 4.14. The van der Waals surface area contributed by atoms with Crippen LogP contribution in [0.5, 0.6) is 0 Å². The minimum absolute atomic E-state index is 0.0253. The van der Waals surface area contributed by atoms with Gasteiger partial charge in [-0.1, -0.05) is 81.4 Å². The maximum Gasteiger partial charge on any atom is 0.261 e. The first-order valence-corrected chi connectivity index (χ1v) is 12.9. The average Bonchev–Trinajstić information content (AvgIpc) is 2.98. The molecule has 1 nitrogen and oxygen atoms in total. The van der Waals surface area contributed by atoms with Gasteiger partial charge in [0.05, 0.1) is 0 Å². The molecule has 0 saturated carbocycles. The van der Waals surface area contributed by atoms with Crippen LogP contribution in [0.3, 0.4) is 0 Å². The van der Waals surface area contributed by atoms with E-state index >= 15 is 0 Å². The number of hydrogen-bond donors (Lipinski definition) is 0. The SMILES string of the molecule is Cc1scc(CCO[Si](c2ccccc2)(c2ccccc2)C(C)(C)C)c1Br. The highest BCUT2D eigenvalue weighted by Crippen LogP contribution is 2.37. The number of halogens is 1. The molecule has 0 amide bonds. The van der Waals surface area contributed by atoms with E-state index < -0.39 is 8.32 Å². The van der Waals surface area contributed by atoms with E-state index in [0.717, 1.165) is 13.0 Å². The highest BCUT2D eigenvalue weighted by atomic mass is 79.9. The largest absolute Gasteiger partial charge is 0.407 e. The van der Waals surface area contributed by atoms with Crippen LogP contribution >= 0.6 is 27.3 Å². The number of aryl methyl sites for hydroxylation is 1. The van der Waals surface area contributed by atoms with Crippen LogP contribution in [0.15, 0.2) is 70.5 Å². The van der Waals surface area contributed by atoms with Crippen LogP contribution in [0.2, 0.25) is 5.04 Å². The molecule has 0 atom stereocenters. The van der Waals surface area contributed by atoms with Gasteiger partial charge >= 0.3 is 0 Å². The molecule has 0 unspecified atom stereocenters. The predicted octanol–water partition coefficient (Wildman–Crippen LogP) is 5.94. The Kier molecular flexibility index (Phi) is 6.41. The standard InChI is InChI=1S/C23H27BrOSSi/c1-18-22(24)19(17-26-18)15-16-25-27(23(2,3)4,20-11-7-5-8-12-20)21-13-9-6-10-14-21/h5-14,17H,15-16H2,1-4H3. The van der Waals surface area contributed by atoms with E-state index in [1.807, 2.05) is 0 Å². The van der Waals surface area contributed by atoms with Crippen molar-refractivity contribution in [3.05, 3.63) is 81.0 Å². The smallest absolute Gasteiger partial charge is 0.261 e. The lowest BCUT2D eigenvalue weighted by atomic mass is 10.2. The molecule has 0 spiro atoms. The maximum atomic E-state index is 6.96. The summed E-state index contributed by atoms with van der Waals surface area (Å²) >= 11 is 5.52. The summed E-state index contributed by atoms with van der Waals surface area (Å²) in [4.78, 5) is 1.33. The van der Waals surface area contributed by atoms with Crippen molar-refractivity contribution in [3.8, 4) is 0 Å². The van der Waals surface area contributed by atoms with Gasteiger partial charge in [-0.3, -0.25) is 0 Å². The summed E-state index contributed by atoms with van der Waals surface area (Å²) in [6.07, 6.45) is 0.926. The lowest BCUT2D eigenvalue weighted by Gasteiger charge is -2.43. The van der Waals surface area contributed by atoms with Crippen LogP contribution < -0.4 is 10.4 Å². The van der Waals surface area contributed by atoms with E-state index in [9.17, 15) is 0 Å². The third-order valence-electron chi connectivity index (χ3n) is 5.08. The number of hydrogen-bond acceptors (Lipinski definition) is 2. The van der Waals surface area contributed by atoms with Crippen LogP contribution in [-0.4, -0.2) is 14.9 Å². The van der Waals surface area contributed by atoms with Gasteiger partial charge in [-0.15, -0.1) is 11.3 Å². The van der Waals surface area contributed by atoms with Crippen LogP contribution in [-0.2, 0) is 10.8 Å². The molecule has 0 N–H and O–H groups in total. The van der Waals surface area contributed by atoms with Gasteiger partial charge in [-0.2, -0.15) is 0 Å². The summed E-state index contributed by atoms with van der Waals surface area (Å²) in [5.74, 6) is 0. The van der Waals surface area contributed by atoms with Gasteiger partial charge in [-0.05, 0) is 55.6 Å². The molecule has 27 heavy (non-hydrogen) atoms. The van der Waals surface area contributed by atoms with E-state index in [4.69, 9.17) is 4.43 Å². The Hall–Kier alpha value is -1.20. The van der Waals surface area contributed by atoms with Crippen molar-refractivity contribution in [2.75, 3.05) is 6.61 Å². The molecule has 2 aromatic carbocycles. The van der Waals surface area contributed by atoms with E-state index in [1.165, 1.54) is 25.3 Å². The molecule has 0 bridgehead atoms. The predicted molar refractivity (Wildman–Crippen MR) is 124 cm³/mol. The number of benzene rings is 2. The zero-order chi connectivity index (χ0) is 19.5. The molecule has 0 aliphatic rings. The van der Waals surface area contributed by atoms with Gasteiger partial charge < -0.3 is 4.43 Å². The fourth-order valence-electron chi connectivity index (χ4n) is 3.73. The quantitative estimate of drug-likeness (QED) is 0.415. The van der Waals surface area contributed by atoms with E-state index in [-0.39, 0.29) is 5.04 Å². The Morgan fingerprint density at radius 1 is 0.926 bits per heavy atom. The zero-order valence-corrected chi connectivity index (χ0v) is 19.9. The molecule has 1 aromatic heterocycles. The van der Waals surface area contributed by atoms with Gasteiger partial charge in [0.1, 0.15) is 0 Å². The fraction of sp³-hybridized carbons (Fsp3) is 0.304. The van der Waals surface area contributed by atoms with E-state index in [0.29, 0.717) is 0 Å². The first-order valence-electron chi connectivity index (χ1n) is 9.34. The highest BCUT2D eigenvalue weighted by Gasteiger charge is 2.49. The van der Waals surface area contributed by atoms with Gasteiger partial charge in [0.2, 0.25) is 0 Å². The lowest BCUT2D eigenvalue weighted by molar-refractivity contribution is 0.302. The minimum atomic E-state index is -2.43. The molecule has 0 aliphatic heterocycles. The molecule has 0 fully saturated rings. The van der Waals surface area contributed by atoms with Crippen LogP contribution in [0.1, 0.15) is 31.2 Å².